The van der Waals surface area contributed by atoms with E-state index in [1.165, 1.54) is 0 Å². The van der Waals surface area contributed by atoms with E-state index in [-0.39, 0.29) is 67.7 Å². The molecule has 0 amide bonds. The molecule has 0 aromatic carbocycles. The maximum Gasteiger partial charge on any atom is 2.00 e. The molecule has 58 valence electrons. The Morgan fingerprint density at radius 3 is 1.08 bits per heavy atom. The van der Waals surface area contributed by atoms with Crippen LogP contribution >= 0.6 is 0 Å². The Balaban J connectivity index is -0.0000000483. The van der Waals surface area contributed by atoms with Crippen LogP contribution in [0.2, 0.25) is 0 Å². The third kappa shape index (κ3) is 43.7. The quantitative estimate of drug-likeness (QED) is 0.333. The van der Waals surface area contributed by atoms with E-state index in [4.69, 9.17) is 34.9 Å². The second-order valence-corrected chi connectivity index (χ2v) is 0.899. The van der Waals surface area contributed by atoms with Gasteiger partial charge in [0.05, 0.1) is 0 Å². The van der Waals surface area contributed by atoms with E-state index in [1.807, 2.05) is 0 Å². The van der Waals surface area contributed by atoms with E-state index in [2.05, 4.69) is 0 Å². The van der Waals surface area contributed by atoms with Crippen molar-refractivity contribution in [1.82, 2.24) is 0 Å². The van der Waals surface area contributed by atoms with Crippen LogP contribution in [0.1, 0.15) is 0 Å². The monoisotopic (exact) mass is 294 g/mol. The summed E-state index contributed by atoms with van der Waals surface area (Å²) in [5.74, 6) is -3.65. The van der Waals surface area contributed by atoms with Crippen LogP contribution in [0.3, 0.4) is 0 Å². The number of rotatable bonds is 0. The fraction of sp³-hybridized carbons (Fsp3) is 0. The first-order valence-electron chi connectivity index (χ1n) is 1.81. The molecule has 0 radical (unpaired) electrons. The molecule has 10 heteroatoms. The molecule has 0 fully saturated rings. The minimum absolute atomic E-state index is 0. The molecule has 0 aliphatic carbocycles. The van der Waals surface area contributed by atoms with Gasteiger partial charge < -0.3 is 25.3 Å². The first-order chi connectivity index (χ1) is 4.37. The van der Waals surface area contributed by atoms with E-state index in [1.54, 1.807) is 0 Å². The molecule has 0 spiro atoms. The molecule has 0 aromatic rings. The predicted octanol–water partition coefficient (Wildman–Crippen LogP) is -8.17. The Morgan fingerprint density at radius 2 is 1.08 bits per heavy atom. The number of hydrogen-bond acceptors (Lipinski definition) is 5. The van der Waals surface area contributed by atoms with Crippen molar-refractivity contribution < 1.29 is 53.7 Å². The summed E-state index contributed by atoms with van der Waals surface area (Å²) in [5.41, 5.74) is 0. The second kappa shape index (κ2) is 14.6. The molecule has 0 aliphatic heterocycles. The minimum atomic E-state index is -2.92. The molecule has 0 rings (SSSR count). The average Bonchev–Trinajstić information content (AvgIpc) is 1.63. The Labute approximate surface area is 120 Å². The van der Waals surface area contributed by atoms with Crippen molar-refractivity contribution in [3.8, 4) is 0 Å². The summed E-state index contributed by atoms with van der Waals surface area (Å²) < 4.78 is 0. The molecule has 0 atom stereocenters. The van der Waals surface area contributed by atoms with Gasteiger partial charge in [-0.3, -0.25) is 7.32 Å². The fourth-order valence-corrected chi connectivity index (χ4v) is 0. The molecular weight excluding hydrogens is 291 g/mol. The van der Waals surface area contributed by atoms with Gasteiger partial charge in [-0.15, -0.1) is 0 Å². The minimum Gasteiger partial charge on any atom is -0.907 e. The van der Waals surface area contributed by atoms with Crippen molar-refractivity contribution in [1.29, 1.82) is 0 Å². The fourth-order valence-electron chi connectivity index (χ4n) is 0. The number of carboxylic acids is 2. The van der Waals surface area contributed by atoms with Crippen LogP contribution < -0.4 is 33.9 Å². The van der Waals surface area contributed by atoms with Crippen LogP contribution in [0.15, 0.2) is 0 Å². The van der Waals surface area contributed by atoms with Gasteiger partial charge in [-0.05, 0) is 0 Å². The van der Waals surface area contributed by atoms with Crippen molar-refractivity contribution in [2.45, 2.75) is 0 Å². The molecular formula is C2H2BBaLiO7. The Hall–Kier alpha value is 1.05. The molecule has 2 N–H and O–H groups in total. The number of hydrogen-bond donors (Lipinski definition) is 2. The normalized spacial score (nSPS) is 5.92. The first-order valence-corrected chi connectivity index (χ1v) is 1.81. The van der Waals surface area contributed by atoms with Gasteiger partial charge in [0.2, 0.25) is 0 Å². The summed E-state index contributed by atoms with van der Waals surface area (Å²) in [6.45, 7) is 0. The molecule has 0 aliphatic rings. The van der Waals surface area contributed by atoms with Crippen LogP contribution in [-0.4, -0.2) is 78.4 Å². The van der Waals surface area contributed by atoms with Gasteiger partial charge in [0, 0.05) is 0 Å². The van der Waals surface area contributed by atoms with Gasteiger partial charge in [0.1, 0.15) is 0 Å². The topological polar surface area (TPSA) is 144 Å². The number of carboxylic acid groups (broad SMARTS) is 2. The second-order valence-electron chi connectivity index (χ2n) is 0.899. The van der Waals surface area contributed by atoms with Crippen molar-refractivity contribution >= 4 is 68.1 Å². The molecule has 0 unspecified atom stereocenters. The summed E-state index contributed by atoms with van der Waals surface area (Å²) >= 11 is 0. The molecule has 0 aromatic heterocycles. The summed E-state index contributed by atoms with van der Waals surface area (Å²) in [6.07, 6.45) is 0. The van der Waals surface area contributed by atoms with E-state index in [0.717, 1.165) is 0 Å². The summed E-state index contributed by atoms with van der Waals surface area (Å²) in [5, 5.41) is 40.0. The Kier molecular flexibility index (Phi) is 28.1. The smallest absolute Gasteiger partial charge is 0.907 e. The first kappa shape index (κ1) is 23.1. The predicted molar refractivity (Wildman–Crippen MR) is 26.8 cm³/mol. The molecule has 12 heavy (non-hydrogen) atoms. The van der Waals surface area contributed by atoms with Crippen LogP contribution in [-0.2, 0) is 9.59 Å². The van der Waals surface area contributed by atoms with Crippen molar-refractivity contribution in [3.63, 3.8) is 0 Å². The standard InChI is InChI=1S/C2H2O4.BO3.Ba.Li/c3-1(4)2(5)6;2-1(3)4;;/h(H,3,4)(H,5,6);;;/q;-3;+2;+1. The van der Waals surface area contributed by atoms with Gasteiger partial charge in [-0.25, -0.2) is 9.59 Å². The van der Waals surface area contributed by atoms with Crippen LogP contribution in [0.25, 0.3) is 0 Å². The van der Waals surface area contributed by atoms with Gasteiger partial charge >= 0.3 is 79.7 Å². The maximum atomic E-state index is 9.10. The van der Waals surface area contributed by atoms with E-state index in [0.29, 0.717) is 0 Å². The molecule has 7 nitrogen and oxygen atoms in total. The molecule has 0 saturated heterocycles. The van der Waals surface area contributed by atoms with Gasteiger partial charge in [0.15, 0.2) is 0 Å². The van der Waals surface area contributed by atoms with E-state index >= 15 is 0 Å². The maximum absolute atomic E-state index is 9.10. The Bertz CT molecular complexity index is 114. The Morgan fingerprint density at radius 1 is 1.00 bits per heavy atom. The van der Waals surface area contributed by atoms with E-state index in [9.17, 15) is 0 Å². The van der Waals surface area contributed by atoms with Crippen LogP contribution in [0, 0.1) is 0 Å². The van der Waals surface area contributed by atoms with Gasteiger partial charge in [-0.1, -0.05) is 0 Å². The molecule has 0 saturated carbocycles. The zero-order valence-corrected chi connectivity index (χ0v) is 10.7. The van der Waals surface area contributed by atoms with Crippen molar-refractivity contribution in [3.05, 3.63) is 0 Å². The zero-order valence-electron chi connectivity index (χ0n) is 6.22. The third-order valence-electron chi connectivity index (χ3n) is 0.183. The van der Waals surface area contributed by atoms with Gasteiger partial charge in [0.25, 0.3) is 0 Å². The third-order valence-corrected chi connectivity index (χ3v) is 0.183. The van der Waals surface area contributed by atoms with Crippen molar-refractivity contribution in [2.24, 2.45) is 0 Å². The molecule has 0 heterocycles. The van der Waals surface area contributed by atoms with E-state index < -0.39 is 19.3 Å². The number of carbonyl (C=O) groups is 2. The largest absolute Gasteiger partial charge is 2.00 e. The van der Waals surface area contributed by atoms with Gasteiger partial charge in [-0.2, -0.15) is 0 Å². The van der Waals surface area contributed by atoms with Crippen LogP contribution in [0.4, 0.5) is 0 Å². The molecule has 0 bridgehead atoms. The summed E-state index contributed by atoms with van der Waals surface area (Å²) in [4.78, 5) is 18.2. The SMILES string of the molecule is O=C(O)C(=O)O.[Ba+2].[Li+].[O-]B([O-])[O-]. The number of aliphatic carboxylic acids is 2. The average molecular weight is 293 g/mol. The van der Waals surface area contributed by atoms with Crippen LogP contribution in [0.5, 0.6) is 0 Å². The zero-order chi connectivity index (χ0) is 8.73. The summed E-state index contributed by atoms with van der Waals surface area (Å²) in [6, 6.07) is 0. The van der Waals surface area contributed by atoms with Crippen molar-refractivity contribution in [2.75, 3.05) is 0 Å². The summed E-state index contributed by atoms with van der Waals surface area (Å²) in [7, 11) is -2.92.